The minimum atomic E-state index is 0.393. The molecular weight excluding hydrogens is 611 g/mol. The fourth-order valence-electron chi connectivity index (χ4n) is 12.5. The molecule has 4 saturated carbocycles. The van der Waals surface area contributed by atoms with Crippen molar-refractivity contribution < 1.29 is 5.11 Å². The zero-order valence-corrected chi connectivity index (χ0v) is 30.8. The molecule has 6 aliphatic rings. The maximum absolute atomic E-state index is 11.1. The van der Waals surface area contributed by atoms with Gasteiger partial charge in [0.05, 0.1) is 0 Å². The van der Waals surface area contributed by atoms with Gasteiger partial charge in [0.1, 0.15) is 5.75 Å². The summed E-state index contributed by atoms with van der Waals surface area (Å²) in [6.45, 7) is 5.80. The van der Waals surface area contributed by atoms with Crippen molar-refractivity contribution in [3.8, 4) is 5.75 Å². The topological polar surface area (TPSA) is 32.3 Å². The lowest BCUT2D eigenvalue weighted by molar-refractivity contribution is -0.0841. The first kappa shape index (κ1) is 32.8. The number of fused-ring (bicyclic) bond motifs is 8. The molecule has 2 aromatic carbocycles. The molecule has 0 radical (unpaired) electrons. The third-order valence-corrected chi connectivity index (χ3v) is 16.9. The fraction of sp³-hybridized carbons (Fsp3) is 0.674. The van der Waals surface area contributed by atoms with Crippen LogP contribution in [0.2, 0.25) is 0 Å². The summed E-state index contributed by atoms with van der Waals surface area (Å²) in [5.74, 6) is 6.82. The lowest BCUT2D eigenvalue weighted by Crippen LogP contribution is -2.52. The number of hydrogen-bond acceptors (Lipinski definition) is 4. The molecule has 2 N–H and O–H groups in total. The summed E-state index contributed by atoms with van der Waals surface area (Å²) in [7, 11) is 4.26. The minimum Gasteiger partial charge on any atom is -0.508 e. The maximum atomic E-state index is 11.1. The second-order valence-corrected chi connectivity index (χ2v) is 20.4. The van der Waals surface area contributed by atoms with E-state index < -0.39 is 0 Å². The molecule has 1 heterocycles. The van der Waals surface area contributed by atoms with Crippen LogP contribution in [0.4, 0.5) is 0 Å². The highest BCUT2D eigenvalue weighted by Gasteiger charge is 2.60. The molecule has 47 heavy (non-hydrogen) atoms. The molecule has 0 amide bonds. The van der Waals surface area contributed by atoms with E-state index in [1.165, 1.54) is 111 Å². The molecule has 5 aliphatic carbocycles. The number of aromatic hydroxyl groups is 1. The molecule has 8 atom stereocenters. The Morgan fingerprint density at radius 3 is 2.47 bits per heavy atom. The van der Waals surface area contributed by atoms with E-state index in [1.54, 1.807) is 0 Å². The van der Waals surface area contributed by atoms with Crippen LogP contribution in [0.15, 0.2) is 54.6 Å². The van der Waals surface area contributed by atoms with Gasteiger partial charge in [0.15, 0.2) is 0 Å². The summed E-state index contributed by atoms with van der Waals surface area (Å²) in [6, 6.07) is 16.0. The first-order valence-corrected chi connectivity index (χ1v) is 21.8. The van der Waals surface area contributed by atoms with Crippen molar-refractivity contribution in [3.05, 3.63) is 76.9 Å². The Morgan fingerprint density at radius 1 is 0.830 bits per heavy atom. The Bertz CT molecular complexity index is 1450. The molecule has 3 spiro atoms. The van der Waals surface area contributed by atoms with Crippen LogP contribution >= 0.6 is 21.6 Å². The van der Waals surface area contributed by atoms with Gasteiger partial charge in [0.25, 0.3) is 0 Å². The summed E-state index contributed by atoms with van der Waals surface area (Å²) in [5, 5.41) is 14.9. The van der Waals surface area contributed by atoms with Gasteiger partial charge in [-0.25, -0.2) is 0 Å². The first-order valence-electron chi connectivity index (χ1n) is 19.3. The van der Waals surface area contributed by atoms with E-state index in [9.17, 15) is 5.11 Å². The second-order valence-electron chi connectivity index (χ2n) is 17.8. The average molecular weight is 670 g/mol. The van der Waals surface area contributed by atoms with Crippen molar-refractivity contribution in [2.75, 3.05) is 11.5 Å². The smallest absolute Gasteiger partial charge is 0.116 e. The standard InChI is InChI=1S/C43H59NOS2/c1-30-8-7-13-43(23-30)29-42(15-14-41(28-42)11-5-6-12-41)24-39-37-18-33-16-32(20-38(45)21-33)17-35-9-3-4-10-36(35)25-44-31(2)26-46-47-27-34(19-37)22-40(39)43/h3-4,7,9-10,13,16,20-21,30-31,34,37,39-40,44-45H,5-6,8,11-12,14-15,17-19,22-29H2,1-2H3/t30-,31+,34-,37-,39-,40+,42+,43-/m0/s1. The molecule has 4 bridgehead atoms. The number of allylic oxidation sites excluding steroid dienone is 2. The van der Waals surface area contributed by atoms with E-state index in [1.807, 2.05) is 6.07 Å². The van der Waals surface area contributed by atoms with Crippen molar-refractivity contribution in [1.82, 2.24) is 5.32 Å². The second kappa shape index (κ2) is 13.4. The Hall–Kier alpha value is -1.36. The predicted molar refractivity (Wildman–Crippen MR) is 202 cm³/mol. The highest BCUT2D eigenvalue weighted by molar-refractivity contribution is 8.76. The number of phenols is 1. The Morgan fingerprint density at radius 2 is 1.62 bits per heavy atom. The normalized spacial score (nSPS) is 38.7. The van der Waals surface area contributed by atoms with Crippen LogP contribution < -0.4 is 5.32 Å². The Kier molecular flexibility index (Phi) is 9.36. The summed E-state index contributed by atoms with van der Waals surface area (Å²) in [6.07, 6.45) is 26.4. The van der Waals surface area contributed by atoms with Gasteiger partial charge in [-0.05, 0) is 171 Å². The quantitative estimate of drug-likeness (QED) is 0.216. The van der Waals surface area contributed by atoms with Crippen LogP contribution in [-0.4, -0.2) is 22.7 Å². The molecule has 4 fully saturated rings. The largest absolute Gasteiger partial charge is 0.508 e. The van der Waals surface area contributed by atoms with E-state index in [0.29, 0.717) is 34.0 Å². The van der Waals surface area contributed by atoms with Gasteiger partial charge in [-0.2, -0.15) is 0 Å². The van der Waals surface area contributed by atoms with Gasteiger partial charge in [0, 0.05) is 24.1 Å². The lowest BCUT2D eigenvalue weighted by Gasteiger charge is -2.60. The third-order valence-electron chi connectivity index (χ3n) is 14.2. The highest BCUT2D eigenvalue weighted by Crippen LogP contribution is 2.70. The number of nitrogens with one attached hydrogen (secondary N) is 1. The summed E-state index contributed by atoms with van der Waals surface area (Å²) >= 11 is 0. The van der Waals surface area contributed by atoms with Crippen LogP contribution in [0.3, 0.4) is 0 Å². The lowest BCUT2D eigenvalue weighted by atomic mass is 9.44. The van der Waals surface area contributed by atoms with Crippen molar-refractivity contribution >= 4 is 21.6 Å². The first-order chi connectivity index (χ1) is 22.8. The van der Waals surface area contributed by atoms with Crippen molar-refractivity contribution in [2.45, 2.75) is 123 Å². The number of benzene rings is 2. The van der Waals surface area contributed by atoms with Crippen LogP contribution in [-0.2, 0) is 19.4 Å². The Balaban J connectivity index is 1.16. The van der Waals surface area contributed by atoms with Crippen molar-refractivity contribution in [1.29, 1.82) is 0 Å². The van der Waals surface area contributed by atoms with Crippen LogP contribution in [0, 0.1) is 45.8 Å². The minimum absolute atomic E-state index is 0.393. The van der Waals surface area contributed by atoms with Crippen LogP contribution in [0.25, 0.3) is 0 Å². The maximum Gasteiger partial charge on any atom is 0.116 e. The molecule has 2 nitrogen and oxygen atoms in total. The zero-order valence-electron chi connectivity index (χ0n) is 29.2. The molecule has 4 heteroatoms. The van der Waals surface area contributed by atoms with Gasteiger partial charge in [0.2, 0.25) is 0 Å². The summed E-state index contributed by atoms with van der Waals surface area (Å²) in [5.41, 5.74) is 7.02. The molecular formula is C43H59NOS2. The number of hydrogen-bond donors (Lipinski definition) is 2. The molecule has 0 saturated heterocycles. The van der Waals surface area contributed by atoms with E-state index in [-0.39, 0.29) is 0 Å². The molecule has 0 unspecified atom stereocenters. The molecule has 254 valence electrons. The fourth-order valence-corrected chi connectivity index (χ4v) is 15.2. The molecule has 2 aromatic rings. The van der Waals surface area contributed by atoms with Gasteiger partial charge in [-0.3, -0.25) is 0 Å². The zero-order chi connectivity index (χ0) is 32.1. The van der Waals surface area contributed by atoms with E-state index in [0.717, 1.165) is 48.8 Å². The third kappa shape index (κ3) is 6.88. The number of rotatable bonds is 0. The molecule has 0 aromatic heterocycles. The van der Waals surface area contributed by atoms with Crippen molar-refractivity contribution in [2.24, 2.45) is 45.8 Å². The average Bonchev–Trinajstić information content (AvgIpc) is 3.64. The van der Waals surface area contributed by atoms with E-state index in [2.05, 4.69) is 89.3 Å². The highest BCUT2D eigenvalue weighted by atomic mass is 33.1. The molecule has 8 rings (SSSR count). The predicted octanol–water partition coefficient (Wildman–Crippen LogP) is 11.2. The SMILES string of the molecule is C[C@H]1CC=C[C@]2(C1)C[C@]1(CCC3(CCCC3)C1)C[C@H]1[C@H]3Cc4cc(O)cc(c4)Cc4ccccc4CN[C@H](C)CSSC[C@@H](C3)C[C@H]12. The van der Waals surface area contributed by atoms with Gasteiger partial charge >= 0.3 is 0 Å². The van der Waals surface area contributed by atoms with Crippen LogP contribution in [0.5, 0.6) is 5.75 Å². The van der Waals surface area contributed by atoms with Crippen molar-refractivity contribution in [3.63, 3.8) is 0 Å². The van der Waals surface area contributed by atoms with Crippen LogP contribution in [0.1, 0.15) is 120 Å². The molecule has 1 aliphatic heterocycles. The number of phenolic OH excluding ortho intramolecular Hbond substituents is 1. The van der Waals surface area contributed by atoms with E-state index in [4.69, 9.17) is 0 Å². The van der Waals surface area contributed by atoms with E-state index >= 15 is 0 Å². The summed E-state index contributed by atoms with van der Waals surface area (Å²) in [4.78, 5) is 0. The Labute approximate surface area is 293 Å². The van der Waals surface area contributed by atoms with Gasteiger partial charge in [-0.1, -0.05) is 83.8 Å². The monoisotopic (exact) mass is 669 g/mol. The van der Waals surface area contributed by atoms with Gasteiger partial charge in [-0.15, -0.1) is 0 Å². The van der Waals surface area contributed by atoms with Gasteiger partial charge < -0.3 is 10.4 Å². The summed E-state index contributed by atoms with van der Waals surface area (Å²) < 4.78 is 0.